The monoisotopic (exact) mass is 231 g/mol. The molecule has 0 unspecified atom stereocenters. The normalized spacial score (nSPS) is 10.3. The minimum Gasteiger partial charge on any atom is -0.372 e. The highest BCUT2D eigenvalue weighted by molar-refractivity contribution is 6.30. The van der Waals surface area contributed by atoms with Gasteiger partial charge in [-0.15, -0.1) is 11.6 Å². The van der Waals surface area contributed by atoms with Crippen LogP contribution in [-0.4, -0.2) is 13.1 Å². The second-order valence-electron chi connectivity index (χ2n) is 3.08. The van der Waals surface area contributed by atoms with E-state index in [1.807, 2.05) is 18.2 Å². The second kappa shape index (κ2) is 5.47. The fourth-order valence-electron chi connectivity index (χ4n) is 1.53. The molecule has 78 valence electrons. The minimum absolute atomic E-state index is 0.506. The fraction of sp³-hybridized carbons (Fsp3) is 0.455. The first kappa shape index (κ1) is 11.7. The Morgan fingerprint density at radius 2 is 1.86 bits per heavy atom. The van der Waals surface area contributed by atoms with Crippen molar-refractivity contribution in [1.29, 1.82) is 0 Å². The summed E-state index contributed by atoms with van der Waals surface area (Å²) in [5.74, 6) is 0.506. The van der Waals surface area contributed by atoms with Gasteiger partial charge in [-0.25, -0.2) is 0 Å². The number of benzene rings is 1. The van der Waals surface area contributed by atoms with E-state index in [9.17, 15) is 0 Å². The van der Waals surface area contributed by atoms with Crippen molar-refractivity contribution < 1.29 is 0 Å². The smallest absolute Gasteiger partial charge is 0.0495 e. The molecule has 0 bridgehead atoms. The van der Waals surface area contributed by atoms with Crippen molar-refractivity contribution in [2.45, 2.75) is 19.7 Å². The van der Waals surface area contributed by atoms with Gasteiger partial charge in [0.05, 0.1) is 0 Å². The van der Waals surface area contributed by atoms with Gasteiger partial charge in [0.25, 0.3) is 0 Å². The molecule has 0 N–H and O–H groups in total. The number of anilines is 1. The number of hydrogen-bond acceptors (Lipinski definition) is 1. The summed E-state index contributed by atoms with van der Waals surface area (Å²) in [7, 11) is 0. The molecule has 1 rings (SSSR count). The van der Waals surface area contributed by atoms with E-state index in [4.69, 9.17) is 23.2 Å². The second-order valence-corrected chi connectivity index (χ2v) is 3.78. The molecule has 1 aromatic rings. The molecular formula is C11H15Cl2N. The van der Waals surface area contributed by atoms with E-state index in [0.717, 1.165) is 23.7 Å². The molecule has 0 radical (unpaired) electrons. The Morgan fingerprint density at radius 1 is 1.21 bits per heavy atom. The van der Waals surface area contributed by atoms with Crippen LogP contribution in [0.15, 0.2) is 18.2 Å². The lowest BCUT2D eigenvalue weighted by molar-refractivity contribution is 0.861. The van der Waals surface area contributed by atoms with Crippen molar-refractivity contribution >= 4 is 28.9 Å². The number of hydrogen-bond donors (Lipinski definition) is 0. The van der Waals surface area contributed by atoms with Crippen molar-refractivity contribution in [3.8, 4) is 0 Å². The highest BCUT2D eigenvalue weighted by atomic mass is 35.5. The van der Waals surface area contributed by atoms with Gasteiger partial charge >= 0.3 is 0 Å². The van der Waals surface area contributed by atoms with Crippen molar-refractivity contribution in [3.63, 3.8) is 0 Å². The molecule has 0 spiro atoms. The molecule has 0 aliphatic carbocycles. The molecule has 3 heteroatoms. The van der Waals surface area contributed by atoms with E-state index >= 15 is 0 Å². The summed E-state index contributed by atoms with van der Waals surface area (Å²) in [4.78, 5) is 2.27. The molecule has 1 nitrogen and oxygen atoms in total. The number of alkyl halides is 1. The summed E-state index contributed by atoms with van der Waals surface area (Å²) in [6.07, 6.45) is 0. The van der Waals surface area contributed by atoms with Crippen LogP contribution in [0.25, 0.3) is 0 Å². The topological polar surface area (TPSA) is 3.24 Å². The Balaban J connectivity index is 3.06. The molecule has 0 aliphatic rings. The molecular weight excluding hydrogens is 217 g/mol. The highest BCUT2D eigenvalue weighted by Gasteiger charge is 2.07. The maximum Gasteiger partial charge on any atom is 0.0495 e. The predicted octanol–water partition coefficient (Wildman–Crippen LogP) is 3.93. The first-order chi connectivity index (χ1) is 6.72. The standard InChI is InChI=1S/C11H15Cl2N/c1-3-14(4-2)11-6-5-10(13)7-9(11)8-12/h5-7H,3-4,8H2,1-2H3. The molecule has 0 heterocycles. The molecule has 0 aromatic heterocycles. The number of rotatable bonds is 4. The van der Waals surface area contributed by atoms with Gasteiger partial charge < -0.3 is 4.90 Å². The summed E-state index contributed by atoms with van der Waals surface area (Å²) in [6, 6.07) is 5.88. The third-order valence-electron chi connectivity index (χ3n) is 2.29. The summed E-state index contributed by atoms with van der Waals surface area (Å²) in [6.45, 7) is 6.25. The molecule has 0 aliphatic heterocycles. The average Bonchev–Trinajstić information content (AvgIpc) is 2.21. The third-order valence-corrected chi connectivity index (χ3v) is 2.81. The molecule has 1 aromatic carbocycles. The Bertz CT molecular complexity index is 295. The van der Waals surface area contributed by atoms with Gasteiger partial charge in [-0.3, -0.25) is 0 Å². The summed E-state index contributed by atoms with van der Waals surface area (Å²) in [5.41, 5.74) is 2.29. The van der Waals surface area contributed by atoms with Gasteiger partial charge in [0.2, 0.25) is 0 Å². The van der Waals surface area contributed by atoms with Crippen LogP contribution in [0, 0.1) is 0 Å². The van der Waals surface area contributed by atoms with Gasteiger partial charge in [0.15, 0.2) is 0 Å². The highest BCUT2D eigenvalue weighted by Crippen LogP contribution is 2.25. The molecule has 0 atom stereocenters. The van der Waals surface area contributed by atoms with Crippen LogP contribution in [0.4, 0.5) is 5.69 Å². The van der Waals surface area contributed by atoms with Gasteiger partial charge in [-0.2, -0.15) is 0 Å². The van der Waals surface area contributed by atoms with E-state index in [0.29, 0.717) is 5.88 Å². The lowest BCUT2D eigenvalue weighted by Gasteiger charge is -2.23. The van der Waals surface area contributed by atoms with Crippen LogP contribution in [0.2, 0.25) is 5.02 Å². The first-order valence-corrected chi connectivity index (χ1v) is 5.73. The van der Waals surface area contributed by atoms with E-state index in [2.05, 4.69) is 18.7 Å². The van der Waals surface area contributed by atoms with Crippen LogP contribution in [-0.2, 0) is 5.88 Å². The Kier molecular flexibility index (Phi) is 4.56. The van der Waals surface area contributed by atoms with Crippen molar-refractivity contribution in [2.24, 2.45) is 0 Å². The summed E-state index contributed by atoms with van der Waals surface area (Å²) < 4.78 is 0. The summed E-state index contributed by atoms with van der Waals surface area (Å²) in [5, 5.41) is 0.747. The van der Waals surface area contributed by atoms with Gasteiger partial charge in [0, 0.05) is 29.7 Å². The quantitative estimate of drug-likeness (QED) is 0.711. The van der Waals surface area contributed by atoms with E-state index in [1.54, 1.807) is 0 Å². The van der Waals surface area contributed by atoms with Gasteiger partial charge in [0.1, 0.15) is 0 Å². The van der Waals surface area contributed by atoms with Crippen molar-refractivity contribution in [3.05, 3.63) is 28.8 Å². The summed E-state index contributed by atoms with van der Waals surface area (Å²) >= 11 is 11.8. The Labute approximate surface area is 95.6 Å². The van der Waals surface area contributed by atoms with Crippen LogP contribution in [0.3, 0.4) is 0 Å². The van der Waals surface area contributed by atoms with E-state index in [-0.39, 0.29) is 0 Å². The van der Waals surface area contributed by atoms with Crippen LogP contribution in [0.5, 0.6) is 0 Å². The largest absolute Gasteiger partial charge is 0.372 e. The third kappa shape index (κ3) is 2.55. The molecule has 0 saturated carbocycles. The van der Waals surface area contributed by atoms with Crippen molar-refractivity contribution in [1.82, 2.24) is 0 Å². The number of nitrogens with zero attached hydrogens (tertiary/aromatic N) is 1. The van der Waals surface area contributed by atoms with Crippen LogP contribution < -0.4 is 4.90 Å². The fourth-order valence-corrected chi connectivity index (χ4v) is 1.94. The van der Waals surface area contributed by atoms with Gasteiger partial charge in [-0.05, 0) is 37.6 Å². The predicted molar refractivity (Wildman–Crippen MR) is 64.6 cm³/mol. The number of halogens is 2. The average molecular weight is 232 g/mol. The zero-order valence-electron chi connectivity index (χ0n) is 8.56. The molecule has 0 saturated heterocycles. The maximum atomic E-state index is 5.91. The SMILES string of the molecule is CCN(CC)c1ccc(Cl)cc1CCl. The molecule has 0 amide bonds. The zero-order valence-corrected chi connectivity index (χ0v) is 10.1. The van der Waals surface area contributed by atoms with Crippen LogP contribution in [0.1, 0.15) is 19.4 Å². The van der Waals surface area contributed by atoms with E-state index < -0.39 is 0 Å². The lowest BCUT2D eigenvalue weighted by atomic mass is 10.2. The van der Waals surface area contributed by atoms with E-state index in [1.165, 1.54) is 5.69 Å². The lowest BCUT2D eigenvalue weighted by Crippen LogP contribution is -2.22. The van der Waals surface area contributed by atoms with Crippen molar-refractivity contribution in [2.75, 3.05) is 18.0 Å². The Hall–Kier alpha value is -0.400. The zero-order chi connectivity index (χ0) is 10.6. The maximum absolute atomic E-state index is 5.91. The minimum atomic E-state index is 0.506. The Morgan fingerprint density at radius 3 is 2.36 bits per heavy atom. The molecule has 0 fully saturated rings. The van der Waals surface area contributed by atoms with Gasteiger partial charge in [-0.1, -0.05) is 11.6 Å². The first-order valence-electron chi connectivity index (χ1n) is 4.82. The van der Waals surface area contributed by atoms with Crippen LogP contribution >= 0.6 is 23.2 Å². The molecule has 14 heavy (non-hydrogen) atoms.